The average Bonchev–Trinajstić information content (AvgIpc) is 3.05. The summed E-state index contributed by atoms with van der Waals surface area (Å²) in [6.45, 7) is 0.446. The molecule has 3 rings (SSSR count). The van der Waals surface area contributed by atoms with E-state index in [0.29, 0.717) is 28.7 Å². The van der Waals surface area contributed by atoms with Crippen LogP contribution in [0, 0.1) is 0 Å². The Hall–Kier alpha value is -1.29. The van der Waals surface area contributed by atoms with Gasteiger partial charge >= 0.3 is 0 Å². The van der Waals surface area contributed by atoms with Gasteiger partial charge in [0.05, 0.1) is 15.8 Å². The molecule has 0 amide bonds. The number of rotatable bonds is 4. The van der Waals surface area contributed by atoms with E-state index in [-0.39, 0.29) is 9.96 Å². The zero-order valence-corrected chi connectivity index (χ0v) is 15.0. The topological polar surface area (TPSA) is 83.6 Å². The zero-order chi connectivity index (χ0) is 16.7. The molecule has 0 radical (unpaired) electrons. The Labute approximate surface area is 143 Å². The molecule has 1 saturated heterocycles. The highest BCUT2D eigenvalue weighted by Crippen LogP contribution is 2.29. The van der Waals surface area contributed by atoms with Gasteiger partial charge in [-0.05, 0) is 42.8 Å². The SMILES string of the molecule is O=S(=O)(Nc1ccc(N2CCCS2(=O)=O)cc1)c1ccc(Cl)s1. The molecule has 0 atom stereocenters. The van der Waals surface area contributed by atoms with Gasteiger partial charge < -0.3 is 0 Å². The summed E-state index contributed by atoms with van der Waals surface area (Å²) in [5.74, 6) is 0.139. The van der Waals surface area contributed by atoms with Crippen molar-refractivity contribution in [2.45, 2.75) is 10.6 Å². The van der Waals surface area contributed by atoms with Crippen molar-refractivity contribution in [3.05, 3.63) is 40.7 Å². The van der Waals surface area contributed by atoms with Crippen molar-refractivity contribution in [2.24, 2.45) is 0 Å². The molecule has 1 aromatic carbocycles. The number of nitrogens with zero attached hydrogens (tertiary/aromatic N) is 1. The fraction of sp³-hybridized carbons (Fsp3) is 0.231. The highest BCUT2D eigenvalue weighted by molar-refractivity contribution is 7.94. The Morgan fingerprint density at radius 3 is 2.35 bits per heavy atom. The number of hydrogen-bond acceptors (Lipinski definition) is 5. The third-order valence-corrected chi connectivity index (χ3v) is 8.29. The summed E-state index contributed by atoms with van der Waals surface area (Å²) in [5, 5.41) is 0. The summed E-state index contributed by atoms with van der Waals surface area (Å²) >= 11 is 6.72. The predicted molar refractivity (Wildman–Crippen MR) is 92.3 cm³/mol. The summed E-state index contributed by atoms with van der Waals surface area (Å²) in [7, 11) is -6.94. The number of anilines is 2. The molecule has 124 valence electrons. The van der Waals surface area contributed by atoms with Gasteiger partial charge in [-0.1, -0.05) is 11.6 Å². The Morgan fingerprint density at radius 2 is 1.83 bits per heavy atom. The van der Waals surface area contributed by atoms with Crippen LogP contribution >= 0.6 is 22.9 Å². The minimum absolute atomic E-state index is 0.119. The Kier molecular flexibility index (Phi) is 4.30. The van der Waals surface area contributed by atoms with Crippen LogP contribution in [-0.2, 0) is 20.0 Å². The number of thiophene rings is 1. The quantitative estimate of drug-likeness (QED) is 0.867. The van der Waals surface area contributed by atoms with E-state index in [4.69, 9.17) is 11.6 Å². The minimum atomic E-state index is -3.69. The van der Waals surface area contributed by atoms with E-state index < -0.39 is 20.0 Å². The molecule has 1 aliphatic rings. The Balaban J connectivity index is 1.80. The molecule has 1 aromatic heterocycles. The van der Waals surface area contributed by atoms with Crippen molar-refractivity contribution in [3.8, 4) is 0 Å². The van der Waals surface area contributed by atoms with Crippen LogP contribution in [0.5, 0.6) is 0 Å². The first-order valence-corrected chi connectivity index (χ1v) is 11.0. The van der Waals surface area contributed by atoms with Crippen LogP contribution in [0.15, 0.2) is 40.6 Å². The fourth-order valence-corrected chi connectivity index (χ4v) is 6.38. The van der Waals surface area contributed by atoms with Crippen LogP contribution in [0.3, 0.4) is 0 Å². The van der Waals surface area contributed by atoms with Crippen molar-refractivity contribution in [1.29, 1.82) is 0 Å². The normalized spacial score (nSPS) is 17.3. The Bertz CT molecular complexity index is 920. The van der Waals surface area contributed by atoms with Crippen molar-refractivity contribution in [2.75, 3.05) is 21.3 Å². The van der Waals surface area contributed by atoms with Gasteiger partial charge in [-0.15, -0.1) is 11.3 Å². The van der Waals surface area contributed by atoms with Gasteiger partial charge in [-0.2, -0.15) is 0 Å². The van der Waals surface area contributed by atoms with Crippen molar-refractivity contribution >= 4 is 54.4 Å². The van der Waals surface area contributed by atoms with E-state index in [1.54, 1.807) is 12.1 Å². The number of hydrogen-bond donors (Lipinski definition) is 1. The van der Waals surface area contributed by atoms with E-state index in [1.807, 2.05) is 0 Å². The molecule has 2 heterocycles. The van der Waals surface area contributed by atoms with E-state index >= 15 is 0 Å². The molecular formula is C13H13ClN2O4S3. The molecule has 23 heavy (non-hydrogen) atoms. The molecule has 0 saturated carbocycles. The van der Waals surface area contributed by atoms with Crippen molar-refractivity contribution in [3.63, 3.8) is 0 Å². The van der Waals surface area contributed by atoms with Crippen LogP contribution < -0.4 is 9.03 Å². The maximum atomic E-state index is 12.2. The molecule has 6 nitrogen and oxygen atoms in total. The molecule has 10 heteroatoms. The lowest BCUT2D eigenvalue weighted by Gasteiger charge is -2.17. The standard InChI is InChI=1S/C13H13ClN2O4S3/c14-12-6-7-13(21-12)23(19,20)15-10-2-4-11(5-3-10)16-8-1-9-22(16,17)18/h2-7,15H,1,8-9H2. The molecule has 0 spiro atoms. The third kappa shape index (κ3) is 3.47. The molecule has 0 bridgehead atoms. The third-order valence-electron chi connectivity index (χ3n) is 3.32. The van der Waals surface area contributed by atoms with Gasteiger partial charge in [0, 0.05) is 12.2 Å². The summed E-state index contributed by atoms with van der Waals surface area (Å²) in [4.78, 5) is 0. The van der Waals surface area contributed by atoms with Gasteiger partial charge in [0.15, 0.2) is 0 Å². The lowest BCUT2D eigenvalue weighted by atomic mass is 10.3. The highest BCUT2D eigenvalue weighted by Gasteiger charge is 2.28. The molecule has 1 fully saturated rings. The van der Waals surface area contributed by atoms with Crippen LogP contribution in [0.4, 0.5) is 11.4 Å². The smallest absolute Gasteiger partial charge is 0.271 e. The maximum Gasteiger partial charge on any atom is 0.271 e. The summed E-state index contributed by atoms with van der Waals surface area (Å²) in [6, 6.07) is 9.19. The first kappa shape index (κ1) is 16.6. The average molecular weight is 393 g/mol. The fourth-order valence-electron chi connectivity index (χ4n) is 2.27. The largest absolute Gasteiger partial charge is 0.279 e. The highest BCUT2D eigenvalue weighted by atomic mass is 35.5. The van der Waals surface area contributed by atoms with Gasteiger partial charge in [0.1, 0.15) is 4.21 Å². The van der Waals surface area contributed by atoms with Gasteiger partial charge in [0.25, 0.3) is 10.0 Å². The first-order valence-electron chi connectivity index (χ1n) is 6.67. The second-order valence-electron chi connectivity index (χ2n) is 4.95. The van der Waals surface area contributed by atoms with Crippen LogP contribution in [0.2, 0.25) is 4.34 Å². The molecule has 2 aromatic rings. The number of sulfonamides is 2. The predicted octanol–water partition coefficient (Wildman–Crippen LogP) is 2.74. The minimum Gasteiger partial charge on any atom is -0.279 e. The molecule has 0 aliphatic carbocycles. The van der Waals surface area contributed by atoms with E-state index in [0.717, 1.165) is 11.3 Å². The van der Waals surface area contributed by atoms with Crippen LogP contribution in [0.1, 0.15) is 6.42 Å². The lowest BCUT2D eigenvalue weighted by Crippen LogP contribution is -2.24. The number of halogens is 1. The van der Waals surface area contributed by atoms with Crippen molar-refractivity contribution < 1.29 is 16.8 Å². The second-order valence-corrected chi connectivity index (χ2v) is 10.6. The Morgan fingerprint density at radius 1 is 1.13 bits per heavy atom. The van der Waals surface area contributed by atoms with Crippen molar-refractivity contribution in [1.82, 2.24) is 0 Å². The lowest BCUT2D eigenvalue weighted by molar-refractivity contribution is 0.598. The molecule has 1 aliphatic heterocycles. The molecular weight excluding hydrogens is 380 g/mol. The van der Waals surface area contributed by atoms with Gasteiger partial charge in [-0.25, -0.2) is 16.8 Å². The number of nitrogens with one attached hydrogen (secondary N) is 1. The summed E-state index contributed by atoms with van der Waals surface area (Å²) in [5.41, 5.74) is 0.888. The summed E-state index contributed by atoms with van der Waals surface area (Å²) < 4.78 is 52.4. The van der Waals surface area contributed by atoms with E-state index in [1.165, 1.54) is 28.6 Å². The molecule has 0 unspecified atom stereocenters. The monoisotopic (exact) mass is 392 g/mol. The zero-order valence-electron chi connectivity index (χ0n) is 11.8. The second kappa shape index (κ2) is 5.97. The van der Waals surface area contributed by atoms with Gasteiger partial charge in [-0.3, -0.25) is 9.03 Å². The van der Waals surface area contributed by atoms with E-state index in [2.05, 4.69) is 4.72 Å². The van der Waals surface area contributed by atoms with Crippen LogP contribution in [0.25, 0.3) is 0 Å². The summed E-state index contributed by atoms with van der Waals surface area (Å²) in [6.07, 6.45) is 0.593. The maximum absolute atomic E-state index is 12.2. The van der Waals surface area contributed by atoms with E-state index in [9.17, 15) is 16.8 Å². The molecule has 1 N–H and O–H groups in total. The first-order chi connectivity index (χ1) is 10.8. The van der Waals surface area contributed by atoms with Gasteiger partial charge in [0.2, 0.25) is 10.0 Å². The van der Waals surface area contributed by atoms with Crippen LogP contribution in [-0.4, -0.2) is 29.1 Å². The number of benzene rings is 1.